The molecule has 1 heterocycles. The van der Waals surface area contributed by atoms with Gasteiger partial charge >= 0.3 is 5.97 Å². The van der Waals surface area contributed by atoms with Crippen LogP contribution in [-0.2, 0) is 18.1 Å². The van der Waals surface area contributed by atoms with Crippen LogP contribution in [0, 0.1) is 0 Å². The van der Waals surface area contributed by atoms with Gasteiger partial charge in [-0.1, -0.05) is 51.7 Å². The average molecular weight is 551 g/mol. The molecule has 9 heteroatoms. The van der Waals surface area contributed by atoms with Crippen molar-refractivity contribution in [3.05, 3.63) is 105 Å². The van der Waals surface area contributed by atoms with Crippen LogP contribution in [0.3, 0.4) is 0 Å². The highest BCUT2D eigenvalue weighted by Gasteiger charge is 2.33. The van der Waals surface area contributed by atoms with Crippen LogP contribution < -0.4 is 4.74 Å². The van der Waals surface area contributed by atoms with Gasteiger partial charge in [0.25, 0.3) is 0 Å². The standard InChI is InChI=1S/C29H24Cl2N2O5/c1-17(32-37-15-18-5-7-21(8-6-18)29(34)35)19-11-13-22(14-12-19)36-16-23-27(33-38-28(23)20-9-10-20)26-24(30)3-2-4-25(26)31/h2-8,11-14,20H,9-10,15-16H2,1H3,(H,34,35). The highest BCUT2D eigenvalue weighted by Crippen LogP contribution is 2.46. The molecule has 0 saturated heterocycles. The lowest BCUT2D eigenvalue weighted by Crippen LogP contribution is -2.01. The third kappa shape index (κ3) is 5.85. The normalized spacial score (nSPS) is 13.4. The minimum atomic E-state index is -0.964. The fourth-order valence-corrected chi connectivity index (χ4v) is 4.57. The third-order valence-electron chi connectivity index (χ3n) is 6.26. The molecule has 7 nitrogen and oxygen atoms in total. The van der Waals surface area contributed by atoms with E-state index in [2.05, 4.69) is 10.3 Å². The van der Waals surface area contributed by atoms with E-state index in [1.54, 1.807) is 30.3 Å². The first-order chi connectivity index (χ1) is 18.4. The summed E-state index contributed by atoms with van der Waals surface area (Å²) in [7, 11) is 0. The van der Waals surface area contributed by atoms with Crippen molar-refractivity contribution in [2.45, 2.75) is 38.9 Å². The second-order valence-electron chi connectivity index (χ2n) is 9.01. The topological polar surface area (TPSA) is 94.2 Å². The summed E-state index contributed by atoms with van der Waals surface area (Å²) >= 11 is 12.9. The molecule has 0 spiro atoms. The number of aromatic carboxylic acids is 1. The number of carboxylic acid groups (broad SMARTS) is 1. The van der Waals surface area contributed by atoms with Gasteiger partial charge in [0.1, 0.15) is 30.4 Å². The number of halogens is 2. The molecule has 0 unspecified atom stereocenters. The first kappa shape index (κ1) is 25.8. The lowest BCUT2D eigenvalue weighted by Gasteiger charge is -2.10. The molecule has 1 N–H and O–H groups in total. The molecule has 0 bridgehead atoms. The Hall–Kier alpha value is -3.81. The highest BCUT2D eigenvalue weighted by molar-refractivity contribution is 6.39. The molecule has 194 valence electrons. The molecule has 1 saturated carbocycles. The van der Waals surface area contributed by atoms with Crippen LogP contribution in [0.2, 0.25) is 10.0 Å². The number of nitrogens with zero attached hydrogens (tertiary/aromatic N) is 2. The third-order valence-corrected chi connectivity index (χ3v) is 6.89. The van der Waals surface area contributed by atoms with E-state index in [1.165, 1.54) is 12.1 Å². The molecular weight excluding hydrogens is 527 g/mol. The van der Waals surface area contributed by atoms with Gasteiger partial charge in [0.2, 0.25) is 0 Å². The van der Waals surface area contributed by atoms with Crippen molar-refractivity contribution >= 4 is 34.9 Å². The van der Waals surface area contributed by atoms with Gasteiger partial charge in [0.15, 0.2) is 0 Å². The Balaban J connectivity index is 1.24. The largest absolute Gasteiger partial charge is 0.489 e. The summed E-state index contributed by atoms with van der Waals surface area (Å²) in [6.45, 7) is 2.35. The zero-order valence-corrected chi connectivity index (χ0v) is 22.0. The number of hydrogen-bond donors (Lipinski definition) is 1. The van der Waals surface area contributed by atoms with Crippen LogP contribution in [0.25, 0.3) is 11.3 Å². The van der Waals surface area contributed by atoms with Crippen molar-refractivity contribution in [2.24, 2.45) is 5.16 Å². The van der Waals surface area contributed by atoms with Crippen LogP contribution in [-0.4, -0.2) is 21.9 Å². The van der Waals surface area contributed by atoms with Gasteiger partial charge in [0.05, 0.1) is 26.9 Å². The lowest BCUT2D eigenvalue weighted by molar-refractivity contribution is 0.0696. The summed E-state index contributed by atoms with van der Waals surface area (Å²) in [5.41, 5.74) is 4.74. The molecule has 3 aromatic carbocycles. The van der Waals surface area contributed by atoms with Crippen molar-refractivity contribution in [1.29, 1.82) is 0 Å². The fraction of sp³-hybridized carbons (Fsp3) is 0.207. The van der Waals surface area contributed by atoms with Crippen molar-refractivity contribution < 1.29 is 24.0 Å². The van der Waals surface area contributed by atoms with Crippen molar-refractivity contribution in [3.63, 3.8) is 0 Å². The number of ether oxygens (including phenoxy) is 1. The maximum absolute atomic E-state index is 11.0. The fourth-order valence-electron chi connectivity index (χ4n) is 4.00. The molecule has 4 aromatic rings. The van der Waals surface area contributed by atoms with Gasteiger partial charge in [0, 0.05) is 11.5 Å². The first-order valence-electron chi connectivity index (χ1n) is 12.1. The second-order valence-corrected chi connectivity index (χ2v) is 9.82. The van der Waals surface area contributed by atoms with Crippen molar-refractivity contribution in [2.75, 3.05) is 0 Å². The number of benzene rings is 3. The Morgan fingerprint density at radius 1 is 1.00 bits per heavy atom. The smallest absolute Gasteiger partial charge is 0.335 e. The molecule has 1 aliphatic carbocycles. The van der Waals surface area contributed by atoms with Crippen LogP contribution in [0.5, 0.6) is 5.75 Å². The zero-order valence-electron chi connectivity index (χ0n) is 20.5. The van der Waals surface area contributed by atoms with Crippen LogP contribution in [0.1, 0.15) is 58.5 Å². The summed E-state index contributed by atoms with van der Waals surface area (Å²) < 4.78 is 11.8. The van der Waals surface area contributed by atoms with Crippen molar-refractivity contribution in [1.82, 2.24) is 5.16 Å². The summed E-state index contributed by atoms with van der Waals surface area (Å²) in [6, 6.07) is 19.4. The second kappa shape index (κ2) is 11.3. The van der Waals surface area contributed by atoms with Crippen LogP contribution in [0.15, 0.2) is 76.4 Å². The van der Waals surface area contributed by atoms with E-state index in [4.69, 9.17) is 42.4 Å². The molecule has 1 fully saturated rings. The number of hydrogen-bond acceptors (Lipinski definition) is 6. The highest BCUT2D eigenvalue weighted by atomic mass is 35.5. The van der Waals surface area contributed by atoms with E-state index >= 15 is 0 Å². The molecule has 0 radical (unpaired) electrons. The van der Waals surface area contributed by atoms with E-state index in [0.29, 0.717) is 38.7 Å². The number of aromatic nitrogens is 1. The Morgan fingerprint density at radius 3 is 2.29 bits per heavy atom. The van der Waals surface area contributed by atoms with E-state index in [9.17, 15) is 4.79 Å². The summed E-state index contributed by atoms with van der Waals surface area (Å²) in [6.07, 6.45) is 2.11. The van der Waals surface area contributed by atoms with E-state index in [0.717, 1.165) is 35.3 Å². The predicted molar refractivity (Wildman–Crippen MR) is 145 cm³/mol. The summed E-state index contributed by atoms with van der Waals surface area (Å²) in [5, 5.41) is 18.5. The Morgan fingerprint density at radius 2 is 1.66 bits per heavy atom. The van der Waals surface area contributed by atoms with Crippen LogP contribution in [0.4, 0.5) is 0 Å². The number of rotatable bonds is 10. The number of carboxylic acids is 1. The number of oxime groups is 1. The van der Waals surface area contributed by atoms with Gasteiger partial charge in [-0.05, 0) is 79.4 Å². The lowest BCUT2D eigenvalue weighted by atomic mass is 10.0. The monoisotopic (exact) mass is 550 g/mol. The number of carbonyl (C=O) groups is 1. The molecular formula is C29H24Cl2N2O5. The zero-order chi connectivity index (χ0) is 26.6. The molecule has 0 aliphatic heterocycles. The molecule has 1 aliphatic rings. The summed E-state index contributed by atoms with van der Waals surface area (Å²) in [5.74, 6) is 0.881. The molecule has 38 heavy (non-hydrogen) atoms. The molecule has 1 aromatic heterocycles. The SMILES string of the molecule is CC(=NOCc1ccc(C(=O)O)cc1)c1ccc(OCc2c(-c3c(Cl)cccc3Cl)noc2C2CC2)cc1. The van der Waals surface area contributed by atoms with E-state index < -0.39 is 5.97 Å². The molecule has 0 amide bonds. The van der Waals surface area contributed by atoms with E-state index in [1.807, 2.05) is 31.2 Å². The van der Waals surface area contributed by atoms with Gasteiger partial charge in [-0.15, -0.1) is 0 Å². The minimum Gasteiger partial charge on any atom is -0.489 e. The maximum Gasteiger partial charge on any atom is 0.335 e. The van der Waals surface area contributed by atoms with Gasteiger partial charge in [-0.2, -0.15) is 0 Å². The van der Waals surface area contributed by atoms with Gasteiger partial charge in [-0.3, -0.25) is 0 Å². The predicted octanol–water partition coefficient (Wildman–Crippen LogP) is 7.74. The van der Waals surface area contributed by atoms with Crippen LogP contribution >= 0.6 is 23.2 Å². The molecule has 5 rings (SSSR count). The van der Waals surface area contributed by atoms with Gasteiger partial charge in [-0.25, -0.2) is 4.79 Å². The first-order valence-corrected chi connectivity index (χ1v) is 12.8. The van der Waals surface area contributed by atoms with Gasteiger partial charge < -0.3 is 19.2 Å². The Kier molecular flexibility index (Phi) is 7.67. The molecule has 0 atom stereocenters. The summed E-state index contributed by atoms with van der Waals surface area (Å²) in [4.78, 5) is 16.4. The minimum absolute atomic E-state index is 0.229. The average Bonchev–Trinajstić information content (AvgIpc) is 3.68. The quantitative estimate of drug-likeness (QED) is 0.160. The maximum atomic E-state index is 11.0. The Labute approximate surface area is 229 Å². The Bertz CT molecular complexity index is 1460. The van der Waals surface area contributed by atoms with E-state index in [-0.39, 0.29) is 18.8 Å². The van der Waals surface area contributed by atoms with Crippen molar-refractivity contribution in [3.8, 4) is 17.0 Å².